The predicted octanol–water partition coefficient (Wildman–Crippen LogP) is 4.15. The van der Waals surface area contributed by atoms with E-state index in [1.54, 1.807) is 23.1 Å². The lowest BCUT2D eigenvalue weighted by Crippen LogP contribution is -2.13. The van der Waals surface area contributed by atoms with Crippen LogP contribution in [0.3, 0.4) is 0 Å². The molecule has 0 saturated carbocycles. The van der Waals surface area contributed by atoms with Gasteiger partial charge in [-0.05, 0) is 37.6 Å². The smallest absolute Gasteiger partial charge is 0.179 e. The van der Waals surface area contributed by atoms with Crippen LogP contribution in [-0.2, 0) is 6.54 Å². The summed E-state index contributed by atoms with van der Waals surface area (Å²) >= 11 is 9.49. The van der Waals surface area contributed by atoms with Crippen LogP contribution < -0.4 is 5.32 Å². The Bertz CT molecular complexity index is 542. The number of nitrogens with one attached hydrogen (secondary N) is 1. The minimum absolute atomic E-state index is 0.801. The Balaban J connectivity index is 2.01. The molecular weight excluding hydrogens is 298 g/mol. The van der Waals surface area contributed by atoms with Gasteiger partial charge in [-0.3, -0.25) is 0 Å². The van der Waals surface area contributed by atoms with Gasteiger partial charge >= 0.3 is 0 Å². The maximum atomic E-state index is 6.29. The summed E-state index contributed by atoms with van der Waals surface area (Å²) in [5, 5.41) is 13.2. The van der Waals surface area contributed by atoms with Gasteiger partial charge in [-0.1, -0.05) is 47.7 Å². The molecule has 2 rings (SSSR count). The van der Waals surface area contributed by atoms with E-state index in [1.807, 2.05) is 13.0 Å². The van der Waals surface area contributed by atoms with E-state index in [4.69, 9.17) is 11.6 Å². The van der Waals surface area contributed by atoms with Crippen LogP contribution in [0, 0.1) is 6.92 Å². The Kier molecular flexibility index (Phi) is 5.63. The van der Waals surface area contributed by atoms with E-state index < -0.39 is 0 Å². The van der Waals surface area contributed by atoms with Crippen molar-refractivity contribution in [2.24, 2.45) is 0 Å². The molecule has 3 nitrogen and oxygen atoms in total. The van der Waals surface area contributed by atoms with E-state index in [2.05, 4.69) is 34.6 Å². The number of nitrogens with zero attached hydrogens (tertiary/aromatic N) is 2. The average molecular weight is 314 g/mol. The highest BCUT2D eigenvalue weighted by atomic mass is 35.5. The molecule has 0 amide bonds. The molecule has 0 spiro atoms. The van der Waals surface area contributed by atoms with Gasteiger partial charge in [0, 0.05) is 16.5 Å². The number of aryl methyl sites for hydroxylation is 1. The molecule has 0 aliphatic rings. The van der Waals surface area contributed by atoms with Crippen molar-refractivity contribution in [3.8, 4) is 0 Å². The third-order valence-electron chi connectivity index (χ3n) is 2.48. The van der Waals surface area contributed by atoms with E-state index in [9.17, 15) is 0 Å². The second kappa shape index (κ2) is 7.24. The molecule has 0 aliphatic heterocycles. The molecule has 0 atom stereocenters. The first-order valence-electron chi connectivity index (χ1n) is 6.16. The lowest BCUT2D eigenvalue weighted by molar-refractivity contribution is 0.675. The first-order chi connectivity index (χ1) is 9.19. The summed E-state index contributed by atoms with van der Waals surface area (Å²) in [5.41, 5.74) is 1.13. The molecule has 0 radical (unpaired) electrons. The van der Waals surface area contributed by atoms with Crippen molar-refractivity contribution >= 4 is 34.7 Å². The number of hydrogen-bond acceptors (Lipinski definition) is 5. The molecule has 0 bridgehead atoms. The Hall–Kier alpha value is -0.620. The topological polar surface area (TPSA) is 37.8 Å². The van der Waals surface area contributed by atoms with E-state index in [1.165, 1.54) is 0 Å². The zero-order chi connectivity index (χ0) is 13.7. The number of rotatable bonds is 6. The molecule has 0 unspecified atom stereocenters. The second-order valence-electron chi connectivity index (χ2n) is 4.12. The number of hydrogen-bond donors (Lipinski definition) is 1. The Morgan fingerprint density at radius 3 is 2.84 bits per heavy atom. The number of benzene rings is 1. The van der Waals surface area contributed by atoms with Crippen molar-refractivity contribution < 1.29 is 0 Å². The summed E-state index contributed by atoms with van der Waals surface area (Å²) in [6, 6.07) is 6.14. The fourth-order valence-corrected chi connectivity index (χ4v) is 3.70. The molecule has 0 aliphatic carbocycles. The van der Waals surface area contributed by atoms with Crippen LogP contribution in [0.15, 0.2) is 27.4 Å². The van der Waals surface area contributed by atoms with Crippen molar-refractivity contribution in [2.45, 2.75) is 36.0 Å². The first kappa shape index (κ1) is 14.8. The third kappa shape index (κ3) is 4.45. The standard InChI is InChI=1S/C13H16ClN3S2/c1-3-6-15-8-10-4-5-11(7-12(10)14)19-13-17-16-9(2)18-13/h4-5,7,15H,3,6,8H2,1-2H3. The van der Waals surface area contributed by atoms with E-state index in [0.29, 0.717) is 0 Å². The van der Waals surface area contributed by atoms with E-state index in [0.717, 1.165) is 44.3 Å². The Labute approximate surface area is 126 Å². The fourth-order valence-electron chi connectivity index (χ4n) is 1.56. The molecule has 1 aromatic carbocycles. The highest BCUT2D eigenvalue weighted by Crippen LogP contribution is 2.32. The fraction of sp³-hybridized carbons (Fsp3) is 0.385. The second-order valence-corrected chi connectivity index (χ2v) is 7.03. The Morgan fingerprint density at radius 1 is 1.37 bits per heavy atom. The van der Waals surface area contributed by atoms with Crippen molar-refractivity contribution in [1.29, 1.82) is 0 Å². The van der Waals surface area contributed by atoms with Crippen molar-refractivity contribution in [3.63, 3.8) is 0 Å². The van der Waals surface area contributed by atoms with Crippen molar-refractivity contribution in [2.75, 3.05) is 6.54 Å². The molecule has 2 aromatic rings. The normalized spacial score (nSPS) is 10.9. The minimum Gasteiger partial charge on any atom is -0.313 e. The molecule has 1 heterocycles. The summed E-state index contributed by atoms with van der Waals surface area (Å²) < 4.78 is 0.949. The van der Waals surface area contributed by atoms with Crippen molar-refractivity contribution in [1.82, 2.24) is 15.5 Å². The van der Waals surface area contributed by atoms with Gasteiger partial charge in [0.25, 0.3) is 0 Å². The highest BCUT2D eigenvalue weighted by Gasteiger charge is 2.06. The summed E-state index contributed by atoms with van der Waals surface area (Å²) in [7, 11) is 0. The van der Waals surface area contributed by atoms with Gasteiger partial charge < -0.3 is 5.32 Å². The molecule has 0 fully saturated rings. The monoisotopic (exact) mass is 313 g/mol. The van der Waals surface area contributed by atoms with E-state index >= 15 is 0 Å². The maximum Gasteiger partial charge on any atom is 0.179 e. The van der Waals surface area contributed by atoms with Gasteiger partial charge in [0.1, 0.15) is 5.01 Å². The number of aromatic nitrogens is 2. The highest BCUT2D eigenvalue weighted by molar-refractivity contribution is 8.01. The molecule has 1 N–H and O–H groups in total. The van der Waals surface area contributed by atoms with Gasteiger partial charge in [-0.25, -0.2) is 0 Å². The average Bonchev–Trinajstić information content (AvgIpc) is 2.78. The van der Waals surface area contributed by atoms with Gasteiger partial charge in [0.05, 0.1) is 0 Å². The van der Waals surface area contributed by atoms with Crippen LogP contribution in [0.4, 0.5) is 0 Å². The summed E-state index contributed by atoms with van der Waals surface area (Å²) in [6.07, 6.45) is 1.13. The third-order valence-corrected chi connectivity index (χ3v) is 4.71. The minimum atomic E-state index is 0.801. The van der Waals surface area contributed by atoms with Crippen LogP contribution >= 0.6 is 34.7 Å². The summed E-state index contributed by atoms with van der Waals surface area (Å²) in [5.74, 6) is 0. The SMILES string of the molecule is CCCNCc1ccc(Sc2nnc(C)s2)cc1Cl. The van der Waals surface area contributed by atoms with Crippen LogP contribution in [0.1, 0.15) is 23.9 Å². The molecular formula is C13H16ClN3S2. The molecule has 6 heteroatoms. The number of halogens is 1. The van der Waals surface area contributed by atoms with Crippen LogP contribution in [0.5, 0.6) is 0 Å². The van der Waals surface area contributed by atoms with Gasteiger partial charge in [-0.2, -0.15) is 0 Å². The summed E-state index contributed by atoms with van der Waals surface area (Å²) in [6.45, 7) is 5.93. The summed E-state index contributed by atoms with van der Waals surface area (Å²) in [4.78, 5) is 1.10. The zero-order valence-corrected chi connectivity index (χ0v) is 13.3. The van der Waals surface area contributed by atoms with E-state index in [-0.39, 0.29) is 0 Å². The lowest BCUT2D eigenvalue weighted by atomic mass is 10.2. The maximum absolute atomic E-state index is 6.29. The van der Waals surface area contributed by atoms with Crippen LogP contribution in [0.25, 0.3) is 0 Å². The largest absolute Gasteiger partial charge is 0.313 e. The van der Waals surface area contributed by atoms with Gasteiger partial charge in [-0.15, -0.1) is 10.2 Å². The zero-order valence-electron chi connectivity index (χ0n) is 10.9. The predicted molar refractivity (Wildman–Crippen MR) is 82.2 cm³/mol. The van der Waals surface area contributed by atoms with Crippen LogP contribution in [0.2, 0.25) is 5.02 Å². The quantitative estimate of drug-likeness (QED) is 0.813. The Morgan fingerprint density at radius 2 is 2.21 bits per heavy atom. The molecule has 1 aromatic heterocycles. The molecule has 19 heavy (non-hydrogen) atoms. The van der Waals surface area contributed by atoms with Crippen LogP contribution in [-0.4, -0.2) is 16.7 Å². The van der Waals surface area contributed by atoms with Crippen molar-refractivity contribution in [3.05, 3.63) is 33.8 Å². The van der Waals surface area contributed by atoms with Gasteiger partial charge in [0.15, 0.2) is 4.34 Å². The van der Waals surface area contributed by atoms with Gasteiger partial charge in [0.2, 0.25) is 0 Å². The molecule has 102 valence electrons. The molecule has 0 saturated heterocycles. The first-order valence-corrected chi connectivity index (χ1v) is 8.17. The lowest BCUT2D eigenvalue weighted by Gasteiger charge is -2.07.